The molecule has 0 aromatic heterocycles. The summed E-state index contributed by atoms with van der Waals surface area (Å²) in [5.41, 5.74) is 1.09. The predicted octanol–water partition coefficient (Wildman–Crippen LogP) is 5.09. The molecule has 0 aliphatic carbocycles. The molecule has 0 spiro atoms. The standard InChI is InChI=1S/C25H33ClN2O5S/c1-5-25(6-2)17-21(19-10-7-8-11-22(19)33-25)27-24(29)12-9-15-28(34(4,30)31)18-13-14-23(32-3)20(26)16-18/h7-8,10-11,13-14,16,21H,5-6,9,12,15,17H2,1-4H3,(H,27,29)/t21-/m1/s1. The molecule has 1 atom stereocenters. The number of sulfonamides is 1. The van der Waals surface area contributed by atoms with Crippen LogP contribution in [0, 0.1) is 0 Å². The first-order chi connectivity index (χ1) is 16.1. The maximum Gasteiger partial charge on any atom is 0.232 e. The number of ether oxygens (including phenoxy) is 2. The van der Waals surface area contributed by atoms with Gasteiger partial charge in [0.15, 0.2) is 0 Å². The molecule has 0 unspecified atom stereocenters. The molecule has 2 aromatic carbocycles. The molecule has 1 N–H and O–H groups in total. The van der Waals surface area contributed by atoms with Crippen LogP contribution in [0.4, 0.5) is 5.69 Å². The van der Waals surface area contributed by atoms with Gasteiger partial charge >= 0.3 is 0 Å². The quantitative estimate of drug-likeness (QED) is 0.483. The lowest BCUT2D eigenvalue weighted by Gasteiger charge is -2.41. The highest BCUT2D eigenvalue weighted by Crippen LogP contribution is 2.42. The van der Waals surface area contributed by atoms with Gasteiger partial charge in [0, 0.05) is 24.9 Å². The SMILES string of the molecule is CCC1(CC)C[C@@H](NC(=O)CCCN(c2ccc(OC)c(Cl)c2)S(C)(=O)=O)c2ccccc2O1. The molecule has 1 amide bonds. The van der Waals surface area contributed by atoms with Crippen LogP contribution in [0.5, 0.6) is 11.5 Å². The number of hydrogen-bond acceptors (Lipinski definition) is 5. The summed E-state index contributed by atoms with van der Waals surface area (Å²) in [6, 6.07) is 12.5. The van der Waals surface area contributed by atoms with Crippen molar-refractivity contribution in [1.82, 2.24) is 5.32 Å². The van der Waals surface area contributed by atoms with Gasteiger partial charge in [-0.2, -0.15) is 0 Å². The van der Waals surface area contributed by atoms with Crippen LogP contribution >= 0.6 is 11.6 Å². The Labute approximate surface area is 207 Å². The molecule has 7 nitrogen and oxygen atoms in total. The Hall–Kier alpha value is -2.45. The Kier molecular flexibility index (Phi) is 8.36. The monoisotopic (exact) mass is 508 g/mol. The van der Waals surface area contributed by atoms with E-state index >= 15 is 0 Å². The van der Waals surface area contributed by atoms with Crippen LogP contribution in [0.25, 0.3) is 0 Å². The van der Waals surface area contributed by atoms with E-state index in [1.165, 1.54) is 11.4 Å². The van der Waals surface area contributed by atoms with Crippen LogP contribution < -0.4 is 19.1 Å². The van der Waals surface area contributed by atoms with Crippen molar-refractivity contribution in [2.45, 2.75) is 57.6 Å². The number of methoxy groups -OCH3 is 1. The first kappa shape index (κ1) is 26.2. The number of amides is 1. The Bertz CT molecular complexity index is 1120. The van der Waals surface area contributed by atoms with Crippen LogP contribution in [0.15, 0.2) is 42.5 Å². The van der Waals surface area contributed by atoms with Gasteiger partial charge in [0.25, 0.3) is 0 Å². The molecule has 1 aliphatic rings. The van der Waals surface area contributed by atoms with E-state index in [0.29, 0.717) is 29.3 Å². The second-order valence-electron chi connectivity index (χ2n) is 8.61. The van der Waals surface area contributed by atoms with E-state index in [-0.39, 0.29) is 30.5 Å². The van der Waals surface area contributed by atoms with Gasteiger partial charge in [-0.25, -0.2) is 8.42 Å². The summed E-state index contributed by atoms with van der Waals surface area (Å²) in [7, 11) is -2.06. The number of halogens is 1. The molecular formula is C25H33ClN2O5S. The number of nitrogens with zero attached hydrogens (tertiary/aromatic N) is 1. The molecule has 0 fully saturated rings. The van der Waals surface area contributed by atoms with Gasteiger partial charge in [-0.1, -0.05) is 43.6 Å². The van der Waals surface area contributed by atoms with Gasteiger partial charge in [0.2, 0.25) is 15.9 Å². The number of fused-ring (bicyclic) bond motifs is 1. The van der Waals surface area contributed by atoms with E-state index in [2.05, 4.69) is 19.2 Å². The molecule has 0 saturated heterocycles. The molecule has 2 aromatic rings. The van der Waals surface area contributed by atoms with E-state index < -0.39 is 10.0 Å². The minimum Gasteiger partial charge on any atom is -0.495 e. The molecule has 1 heterocycles. The molecule has 1 aliphatic heterocycles. The van der Waals surface area contributed by atoms with Gasteiger partial charge < -0.3 is 14.8 Å². The molecular weight excluding hydrogens is 476 g/mol. The number of rotatable bonds is 10. The summed E-state index contributed by atoms with van der Waals surface area (Å²) in [4.78, 5) is 12.9. The molecule has 34 heavy (non-hydrogen) atoms. The molecule has 0 bridgehead atoms. The van der Waals surface area contributed by atoms with Crippen LogP contribution in [0.3, 0.4) is 0 Å². The Morgan fingerprint density at radius 1 is 1.24 bits per heavy atom. The zero-order chi connectivity index (χ0) is 24.9. The smallest absolute Gasteiger partial charge is 0.232 e. The molecule has 0 radical (unpaired) electrons. The summed E-state index contributed by atoms with van der Waals surface area (Å²) in [5, 5.41) is 3.47. The van der Waals surface area contributed by atoms with Gasteiger partial charge in [-0.15, -0.1) is 0 Å². The summed E-state index contributed by atoms with van der Waals surface area (Å²) in [6.45, 7) is 4.36. The van der Waals surface area contributed by atoms with Crippen molar-refractivity contribution in [2.24, 2.45) is 0 Å². The van der Waals surface area contributed by atoms with Gasteiger partial charge in [-0.3, -0.25) is 9.10 Å². The fraction of sp³-hybridized carbons (Fsp3) is 0.480. The summed E-state index contributed by atoms with van der Waals surface area (Å²) in [6.07, 6.45) is 4.08. The van der Waals surface area contributed by atoms with Crippen molar-refractivity contribution in [3.8, 4) is 11.5 Å². The summed E-state index contributed by atoms with van der Waals surface area (Å²) in [5.74, 6) is 1.15. The Morgan fingerprint density at radius 2 is 1.94 bits per heavy atom. The van der Waals surface area contributed by atoms with Crippen LogP contribution in [-0.4, -0.2) is 39.8 Å². The average Bonchev–Trinajstić information content (AvgIpc) is 2.80. The highest BCUT2D eigenvalue weighted by molar-refractivity contribution is 7.92. The molecule has 3 rings (SSSR count). The first-order valence-corrected chi connectivity index (χ1v) is 13.7. The predicted molar refractivity (Wildman–Crippen MR) is 135 cm³/mol. The first-order valence-electron chi connectivity index (χ1n) is 11.5. The van der Waals surface area contributed by atoms with Gasteiger partial charge in [0.05, 0.1) is 30.1 Å². The average molecular weight is 509 g/mol. The second kappa shape index (κ2) is 10.9. The molecule has 0 saturated carbocycles. The van der Waals surface area contributed by atoms with E-state index in [0.717, 1.165) is 30.4 Å². The third-order valence-electron chi connectivity index (χ3n) is 6.41. The zero-order valence-electron chi connectivity index (χ0n) is 20.1. The fourth-order valence-corrected chi connectivity index (χ4v) is 5.59. The number of para-hydroxylation sites is 1. The van der Waals surface area contributed by atoms with E-state index in [1.54, 1.807) is 18.2 Å². The topological polar surface area (TPSA) is 84.9 Å². The number of carbonyl (C=O) groups is 1. The van der Waals surface area contributed by atoms with Crippen LogP contribution in [-0.2, 0) is 14.8 Å². The third kappa shape index (κ3) is 5.96. The molecule has 9 heteroatoms. The fourth-order valence-electron chi connectivity index (χ4n) is 4.38. The van der Waals surface area contributed by atoms with Crippen molar-refractivity contribution in [3.05, 3.63) is 53.1 Å². The number of anilines is 1. The lowest BCUT2D eigenvalue weighted by atomic mass is 9.83. The maximum atomic E-state index is 12.9. The summed E-state index contributed by atoms with van der Waals surface area (Å²) < 4.78 is 37.5. The minimum atomic E-state index is -3.56. The number of hydrogen-bond donors (Lipinski definition) is 1. The lowest BCUT2D eigenvalue weighted by molar-refractivity contribution is -0.122. The van der Waals surface area contributed by atoms with E-state index in [9.17, 15) is 13.2 Å². The number of benzene rings is 2. The van der Waals surface area contributed by atoms with E-state index in [1.807, 2.05) is 24.3 Å². The van der Waals surface area contributed by atoms with E-state index in [4.69, 9.17) is 21.1 Å². The third-order valence-corrected chi connectivity index (χ3v) is 7.90. The number of nitrogens with one attached hydrogen (secondary N) is 1. The van der Waals surface area contributed by atoms with Crippen molar-refractivity contribution < 1.29 is 22.7 Å². The lowest BCUT2D eigenvalue weighted by Crippen LogP contribution is -2.44. The minimum absolute atomic E-state index is 0.121. The Morgan fingerprint density at radius 3 is 2.56 bits per heavy atom. The van der Waals surface area contributed by atoms with Crippen LogP contribution in [0.1, 0.15) is 57.6 Å². The van der Waals surface area contributed by atoms with Crippen LogP contribution in [0.2, 0.25) is 5.02 Å². The largest absolute Gasteiger partial charge is 0.495 e. The van der Waals surface area contributed by atoms with Gasteiger partial charge in [0.1, 0.15) is 17.1 Å². The van der Waals surface area contributed by atoms with Crippen molar-refractivity contribution in [3.63, 3.8) is 0 Å². The summed E-state index contributed by atoms with van der Waals surface area (Å²) >= 11 is 6.18. The van der Waals surface area contributed by atoms with Crippen molar-refractivity contribution >= 4 is 33.2 Å². The maximum absolute atomic E-state index is 12.9. The van der Waals surface area contributed by atoms with Crippen molar-refractivity contribution in [2.75, 3.05) is 24.2 Å². The van der Waals surface area contributed by atoms with Crippen molar-refractivity contribution in [1.29, 1.82) is 0 Å². The van der Waals surface area contributed by atoms with Gasteiger partial charge in [-0.05, 0) is 43.5 Å². The highest BCUT2D eigenvalue weighted by Gasteiger charge is 2.38. The second-order valence-corrected chi connectivity index (χ2v) is 10.9. The Balaban J connectivity index is 1.67. The number of carbonyl (C=O) groups excluding carboxylic acids is 1. The zero-order valence-corrected chi connectivity index (χ0v) is 21.7. The normalized spacial score (nSPS) is 16.8. The highest BCUT2D eigenvalue weighted by atomic mass is 35.5. The molecule has 186 valence electrons.